The predicted octanol–water partition coefficient (Wildman–Crippen LogP) is 5.23. The number of hydrogen-bond acceptors (Lipinski definition) is 2. The quantitative estimate of drug-likeness (QED) is 0.490. The van der Waals surface area contributed by atoms with Crippen molar-refractivity contribution in [1.29, 1.82) is 0 Å². The Morgan fingerprint density at radius 2 is 1.12 bits per heavy atom. The van der Waals surface area contributed by atoms with E-state index < -0.39 is 0 Å². The molecule has 0 rings (SSSR count). The lowest BCUT2D eigenvalue weighted by atomic mass is 9.87. The first kappa shape index (κ1) is 19.3. The summed E-state index contributed by atoms with van der Waals surface area (Å²) in [5.41, 5.74) is -0.360. The number of unbranched alkanes of at least 4 members (excludes halogenated alkanes) is 6. The molecule has 17 heavy (non-hydrogen) atoms. The first-order chi connectivity index (χ1) is 7.68. The summed E-state index contributed by atoms with van der Waals surface area (Å²) in [6, 6.07) is 0. The van der Waals surface area contributed by atoms with Gasteiger partial charge >= 0.3 is 0 Å². The average molecular weight is 245 g/mol. The summed E-state index contributed by atoms with van der Waals surface area (Å²) >= 11 is 0. The van der Waals surface area contributed by atoms with Crippen LogP contribution in [0.1, 0.15) is 91.4 Å². The number of hydrogen-bond donors (Lipinski definition) is 2. The van der Waals surface area contributed by atoms with Crippen molar-refractivity contribution in [3.05, 3.63) is 0 Å². The van der Waals surface area contributed by atoms with Gasteiger partial charge < -0.3 is 11.3 Å². The van der Waals surface area contributed by atoms with E-state index in [9.17, 15) is 5.11 Å². The van der Waals surface area contributed by atoms with Crippen LogP contribution < -0.4 is 6.15 Å². The van der Waals surface area contributed by atoms with E-state index in [0.29, 0.717) is 0 Å². The van der Waals surface area contributed by atoms with Crippen molar-refractivity contribution in [1.82, 2.24) is 6.15 Å². The summed E-state index contributed by atoms with van der Waals surface area (Å²) in [4.78, 5) is 0. The molecule has 0 unspecified atom stereocenters. The molecule has 0 aliphatic rings. The zero-order valence-corrected chi connectivity index (χ0v) is 12.4. The second-order valence-electron chi connectivity index (χ2n) is 5.20. The molecule has 0 bridgehead atoms. The molecule has 0 saturated heterocycles. The monoisotopic (exact) mass is 245 g/mol. The minimum Gasteiger partial charge on any atom is -0.390 e. The Morgan fingerprint density at radius 1 is 0.706 bits per heavy atom. The Balaban J connectivity index is 0. The molecule has 0 aliphatic carbocycles. The van der Waals surface area contributed by atoms with Crippen molar-refractivity contribution in [3.8, 4) is 0 Å². The molecule has 0 aromatic carbocycles. The molecule has 106 valence electrons. The first-order valence-electron chi connectivity index (χ1n) is 7.41. The van der Waals surface area contributed by atoms with Crippen LogP contribution in [0.4, 0.5) is 0 Å². The van der Waals surface area contributed by atoms with Crippen molar-refractivity contribution < 1.29 is 5.11 Å². The van der Waals surface area contributed by atoms with Gasteiger partial charge in [-0.1, -0.05) is 72.1 Å². The molecule has 0 saturated carbocycles. The Kier molecular flexibility index (Phi) is 14.0. The van der Waals surface area contributed by atoms with Gasteiger partial charge in [0.25, 0.3) is 0 Å². The molecular weight excluding hydrogens is 210 g/mol. The van der Waals surface area contributed by atoms with Gasteiger partial charge in [-0.25, -0.2) is 0 Å². The minimum atomic E-state index is -0.360. The number of rotatable bonds is 11. The first-order valence-corrected chi connectivity index (χ1v) is 7.41. The van der Waals surface area contributed by atoms with Gasteiger partial charge in [0.1, 0.15) is 0 Å². The summed E-state index contributed by atoms with van der Waals surface area (Å²) in [7, 11) is 0. The van der Waals surface area contributed by atoms with Gasteiger partial charge in [0, 0.05) is 0 Å². The van der Waals surface area contributed by atoms with Gasteiger partial charge in [0.15, 0.2) is 0 Å². The van der Waals surface area contributed by atoms with Crippen LogP contribution in [0, 0.1) is 0 Å². The van der Waals surface area contributed by atoms with Crippen LogP contribution in [0.25, 0.3) is 0 Å². The highest BCUT2D eigenvalue weighted by atomic mass is 16.3. The van der Waals surface area contributed by atoms with Gasteiger partial charge in [-0.05, 0) is 19.3 Å². The maximum Gasteiger partial charge on any atom is 0.0645 e. The lowest BCUT2D eigenvalue weighted by Crippen LogP contribution is -2.27. The number of aliphatic hydroxyl groups is 1. The zero-order valence-electron chi connectivity index (χ0n) is 12.4. The van der Waals surface area contributed by atoms with E-state index in [1.807, 2.05) is 0 Å². The Morgan fingerprint density at radius 3 is 1.41 bits per heavy atom. The summed E-state index contributed by atoms with van der Waals surface area (Å²) < 4.78 is 0. The third-order valence-corrected chi connectivity index (χ3v) is 3.65. The van der Waals surface area contributed by atoms with Crippen LogP contribution in [0.5, 0.6) is 0 Å². The maximum absolute atomic E-state index is 10.4. The maximum atomic E-state index is 10.4. The molecule has 0 fully saturated rings. The van der Waals surface area contributed by atoms with E-state index in [4.69, 9.17) is 0 Å². The largest absolute Gasteiger partial charge is 0.390 e. The molecule has 2 heteroatoms. The Labute approximate surface area is 109 Å². The van der Waals surface area contributed by atoms with Crippen molar-refractivity contribution in [2.75, 3.05) is 0 Å². The van der Waals surface area contributed by atoms with E-state index in [0.717, 1.165) is 19.3 Å². The average Bonchev–Trinajstić information content (AvgIpc) is 2.31. The molecule has 2 nitrogen and oxygen atoms in total. The van der Waals surface area contributed by atoms with Crippen molar-refractivity contribution in [2.24, 2.45) is 0 Å². The molecular formula is C15H35NO. The van der Waals surface area contributed by atoms with Crippen molar-refractivity contribution in [3.63, 3.8) is 0 Å². The zero-order chi connectivity index (χ0) is 12.3. The Bertz CT molecular complexity index is 136. The van der Waals surface area contributed by atoms with E-state index in [1.165, 1.54) is 51.4 Å². The van der Waals surface area contributed by atoms with Crippen LogP contribution in [-0.2, 0) is 0 Å². The third kappa shape index (κ3) is 10.8. The van der Waals surface area contributed by atoms with Gasteiger partial charge in [0.05, 0.1) is 5.60 Å². The van der Waals surface area contributed by atoms with Gasteiger partial charge in [0.2, 0.25) is 0 Å². The highest BCUT2D eigenvalue weighted by molar-refractivity contribution is 4.76. The van der Waals surface area contributed by atoms with E-state index in [1.54, 1.807) is 0 Å². The molecule has 0 aromatic heterocycles. The molecule has 0 radical (unpaired) electrons. The summed E-state index contributed by atoms with van der Waals surface area (Å²) in [5, 5.41) is 10.4. The summed E-state index contributed by atoms with van der Waals surface area (Å²) in [6.45, 7) is 6.59. The van der Waals surface area contributed by atoms with Gasteiger partial charge in [-0.2, -0.15) is 0 Å². The van der Waals surface area contributed by atoms with Crippen molar-refractivity contribution in [2.45, 2.75) is 97.0 Å². The van der Waals surface area contributed by atoms with Crippen LogP contribution >= 0.6 is 0 Å². The van der Waals surface area contributed by atoms with Gasteiger partial charge in [-0.3, -0.25) is 0 Å². The molecule has 0 amide bonds. The minimum absolute atomic E-state index is 0. The topological polar surface area (TPSA) is 55.2 Å². The smallest absolute Gasteiger partial charge is 0.0645 e. The SMILES string of the molecule is CCCCCCC(O)(CC)CCCCCC.N. The van der Waals surface area contributed by atoms with Crippen LogP contribution in [-0.4, -0.2) is 10.7 Å². The highest BCUT2D eigenvalue weighted by Crippen LogP contribution is 2.25. The standard InChI is InChI=1S/C15H32O.H3N/c1-4-7-9-11-13-15(16,6-3)14-12-10-8-5-2;/h16H,4-14H2,1-3H3;1H3. The summed E-state index contributed by atoms with van der Waals surface area (Å²) in [6.07, 6.45) is 13.1. The molecule has 0 aromatic rings. The molecule has 4 N–H and O–H groups in total. The van der Waals surface area contributed by atoms with Crippen LogP contribution in [0.15, 0.2) is 0 Å². The molecule has 0 heterocycles. The third-order valence-electron chi connectivity index (χ3n) is 3.65. The predicted molar refractivity (Wildman–Crippen MR) is 77.8 cm³/mol. The molecule has 0 atom stereocenters. The second-order valence-corrected chi connectivity index (χ2v) is 5.20. The van der Waals surface area contributed by atoms with Crippen molar-refractivity contribution >= 4 is 0 Å². The van der Waals surface area contributed by atoms with Crippen LogP contribution in [0.2, 0.25) is 0 Å². The Hall–Kier alpha value is -0.0800. The van der Waals surface area contributed by atoms with Crippen LogP contribution in [0.3, 0.4) is 0 Å². The van der Waals surface area contributed by atoms with E-state index >= 15 is 0 Å². The highest BCUT2D eigenvalue weighted by Gasteiger charge is 2.22. The normalized spacial score (nSPS) is 11.3. The lowest BCUT2D eigenvalue weighted by Gasteiger charge is -2.27. The van der Waals surface area contributed by atoms with E-state index in [2.05, 4.69) is 20.8 Å². The molecule has 0 aliphatic heterocycles. The fraction of sp³-hybridized carbons (Fsp3) is 1.00. The molecule has 0 spiro atoms. The lowest BCUT2D eigenvalue weighted by molar-refractivity contribution is 0.0140. The fourth-order valence-corrected chi connectivity index (χ4v) is 2.24. The van der Waals surface area contributed by atoms with Gasteiger partial charge in [-0.15, -0.1) is 0 Å². The second kappa shape index (κ2) is 12.4. The summed E-state index contributed by atoms with van der Waals surface area (Å²) in [5.74, 6) is 0. The van der Waals surface area contributed by atoms with E-state index in [-0.39, 0.29) is 11.8 Å². The fourth-order valence-electron chi connectivity index (χ4n) is 2.24.